The molecule has 0 aromatic heterocycles. The van der Waals surface area contributed by atoms with Gasteiger partial charge in [-0.15, -0.1) is 0 Å². The van der Waals surface area contributed by atoms with E-state index in [0.29, 0.717) is 55.7 Å². The first-order chi connectivity index (χ1) is 30.3. The quantitative estimate of drug-likeness (QED) is 0.0361. The maximum Gasteiger partial charge on any atom is 0.338 e. The lowest BCUT2D eigenvalue weighted by molar-refractivity contribution is 0.0496. The number of ether oxygens (including phenoxy) is 4. The van der Waals surface area contributed by atoms with E-state index in [9.17, 15) is 17.8 Å². The molecule has 0 atom stereocenters. The molecule has 1 rings (SSSR count). The lowest BCUT2D eigenvalue weighted by Crippen LogP contribution is -2.11. The minimum atomic E-state index is -4.11. The van der Waals surface area contributed by atoms with Gasteiger partial charge in [-0.3, -0.25) is 0 Å². The van der Waals surface area contributed by atoms with Crippen molar-refractivity contribution in [1.29, 1.82) is 0 Å². The second-order valence-corrected chi connectivity index (χ2v) is 19.6. The van der Waals surface area contributed by atoms with Crippen LogP contribution in [0.4, 0.5) is 0 Å². The largest absolute Gasteiger partial charge is 0.748 e. The van der Waals surface area contributed by atoms with E-state index in [1.165, 1.54) is 154 Å². The van der Waals surface area contributed by atoms with E-state index in [1.54, 1.807) is 12.1 Å². The summed E-state index contributed by atoms with van der Waals surface area (Å²) in [5.74, 6) is 1.13. The summed E-state index contributed by atoms with van der Waals surface area (Å²) >= 11 is 0. The van der Waals surface area contributed by atoms with Gasteiger partial charge in [0, 0.05) is 5.75 Å². The van der Waals surface area contributed by atoms with Gasteiger partial charge >= 0.3 is 5.97 Å². The standard InChI is InChI=1S/C53H98O8S/c1-4-7-10-13-16-19-22-27-32-37-42-58-50-47-49(53(54)61-45-40-35-30-25-26-31-36-41-46-62(55,56)57)48-51(59-43-38-33-28-23-20-17-14-11-8-5-2)52(50)60-44-39-34-29-24-21-18-15-12-9-6-3/h47-48H,4-46H2,1-3H3,(H,55,56,57)/p-1. The molecule has 0 heterocycles. The van der Waals surface area contributed by atoms with Gasteiger partial charge in [-0.05, 0) is 44.2 Å². The highest BCUT2D eigenvalue weighted by Gasteiger charge is 2.20. The molecular weight excluding hydrogens is 797 g/mol. The fraction of sp³-hybridized carbons (Fsp3) is 0.868. The Morgan fingerprint density at radius 3 is 1.00 bits per heavy atom. The Bertz CT molecular complexity index is 1210. The maximum absolute atomic E-state index is 13.5. The van der Waals surface area contributed by atoms with Crippen LogP contribution in [0, 0.1) is 0 Å². The first kappa shape index (κ1) is 58.0. The van der Waals surface area contributed by atoms with Gasteiger partial charge in [0.05, 0.1) is 42.1 Å². The van der Waals surface area contributed by atoms with E-state index in [-0.39, 0.29) is 11.7 Å². The molecule has 0 aliphatic rings. The predicted octanol–water partition coefficient (Wildman–Crippen LogP) is 16.4. The van der Waals surface area contributed by atoms with Crippen molar-refractivity contribution in [3.8, 4) is 17.2 Å². The number of rotatable bonds is 48. The topological polar surface area (TPSA) is 111 Å². The van der Waals surface area contributed by atoms with E-state index < -0.39 is 10.1 Å². The van der Waals surface area contributed by atoms with Gasteiger partial charge in [0.1, 0.15) is 0 Å². The zero-order chi connectivity index (χ0) is 45.0. The molecule has 0 saturated carbocycles. The van der Waals surface area contributed by atoms with Crippen LogP contribution in [0.3, 0.4) is 0 Å². The van der Waals surface area contributed by atoms with E-state index in [4.69, 9.17) is 18.9 Å². The Labute approximate surface area is 383 Å². The molecule has 1 aromatic rings. The van der Waals surface area contributed by atoms with Crippen molar-refractivity contribution in [3.05, 3.63) is 17.7 Å². The average molecular weight is 894 g/mol. The summed E-state index contributed by atoms with van der Waals surface area (Å²) in [4.78, 5) is 13.5. The third-order valence-corrected chi connectivity index (χ3v) is 12.8. The highest BCUT2D eigenvalue weighted by atomic mass is 32.2. The molecule has 0 amide bonds. The van der Waals surface area contributed by atoms with Crippen LogP contribution in [0.25, 0.3) is 0 Å². The molecule has 9 heteroatoms. The predicted molar refractivity (Wildman–Crippen MR) is 260 cm³/mol. The molecule has 0 radical (unpaired) electrons. The first-order valence-corrected chi connectivity index (χ1v) is 28.1. The Morgan fingerprint density at radius 2 is 0.677 bits per heavy atom. The summed E-state index contributed by atoms with van der Waals surface area (Å²) < 4.78 is 57.6. The number of benzene rings is 1. The van der Waals surface area contributed by atoms with Crippen LogP contribution < -0.4 is 14.2 Å². The second kappa shape index (κ2) is 42.9. The van der Waals surface area contributed by atoms with Crippen LogP contribution in [-0.4, -0.2) is 51.1 Å². The van der Waals surface area contributed by atoms with Crippen LogP contribution in [-0.2, 0) is 14.9 Å². The van der Waals surface area contributed by atoms with Gasteiger partial charge in [-0.25, -0.2) is 13.2 Å². The van der Waals surface area contributed by atoms with Crippen LogP contribution >= 0.6 is 0 Å². The molecule has 0 fully saturated rings. The van der Waals surface area contributed by atoms with Gasteiger partial charge in [-0.2, -0.15) is 0 Å². The average Bonchev–Trinajstić information content (AvgIpc) is 3.25. The minimum absolute atomic E-state index is 0.270. The monoisotopic (exact) mass is 894 g/mol. The van der Waals surface area contributed by atoms with Gasteiger partial charge < -0.3 is 23.5 Å². The molecule has 0 N–H and O–H groups in total. The molecule has 62 heavy (non-hydrogen) atoms. The number of unbranched alkanes of at least 4 members (excludes halogenated alkanes) is 34. The lowest BCUT2D eigenvalue weighted by atomic mass is 10.1. The van der Waals surface area contributed by atoms with Gasteiger partial charge in [0.15, 0.2) is 11.5 Å². The highest BCUT2D eigenvalue weighted by Crippen LogP contribution is 2.40. The van der Waals surface area contributed by atoms with E-state index >= 15 is 0 Å². The Hall–Kier alpha value is -2.00. The summed E-state index contributed by atoms with van der Waals surface area (Å²) in [5.41, 5.74) is 0.438. The molecule has 0 aliphatic heterocycles. The van der Waals surface area contributed by atoms with Crippen molar-refractivity contribution in [2.24, 2.45) is 0 Å². The van der Waals surface area contributed by atoms with E-state index in [1.807, 2.05) is 0 Å². The second-order valence-electron chi connectivity index (χ2n) is 18.1. The molecule has 0 bridgehead atoms. The van der Waals surface area contributed by atoms with E-state index in [2.05, 4.69) is 20.8 Å². The molecule has 0 aliphatic carbocycles. The first-order valence-electron chi connectivity index (χ1n) is 26.5. The zero-order valence-corrected chi connectivity index (χ0v) is 41.6. The third-order valence-electron chi connectivity index (χ3n) is 12.0. The number of hydrogen-bond donors (Lipinski definition) is 0. The zero-order valence-electron chi connectivity index (χ0n) is 40.7. The van der Waals surface area contributed by atoms with Gasteiger partial charge in [0.25, 0.3) is 0 Å². The van der Waals surface area contributed by atoms with E-state index in [0.717, 1.165) is 83.5 Å². The number of carbonyl (C=O) groups excluding carboxylic acids is 1. The number of esters is 1. The van der Waals surface area contributed by atoms with Crippen LogP contribution in [0.2, 0.25) is 0 Å². The molecule has 0 spiro atoms. The lowest BCUT2D eigenvalue weighted by Gasteiger charge is -2.19. The fourth-order valence-corrected chi connectivity index (χ4v) is 8.61. The van der Waals surface area contributed by atoms with Crippen molar-refractivity contribution in [2.45, 2.75) is 265 Å². The highest BCUT2D eigenvalue weighted by molar-refractivity contribution is 7.85. The fourth-order valence-electron chi connectivity index (χ4n) is 8.05. The summed E-state index contributed by atoms with van der Waals surface area (Å²) in [6.45, 7) is 8.88. The molecule has 364 valence electrons. The van der Waals surface area contributed by atoms with Gasteiger partial charge in [-0.1, -0.05) is 233 Å². The minimum Gasteiger partial charge on any atom is -0.748 e. The summed E-state index contributed by atoms with van der Waals surface area (Å²) in [5, 5.41) is 0. The van der Waals surface area contributed by atoms with Crippen LogP contribution in [0.5, 0.6) is 17.2 Å². The molecular formula is C53H97O8S-. The van der Waals surface area contributed by atoms with Crippen molar-refractivity contribution in [3.63, 3.8) is 0 Å². The molecule has 1 aromatic carbocycles. The van der Waals surface area contributed by atoms with Crippen molar-refractivity contribution in [1.82, 2.24) is 0 Å². The van der Waals surface area contributed by atoms with Crippen LogP contribution in [0.15, 0.2) is 12.1 Å². The summed E-state index contributed by atoms with van der Waals surface area (Å²) in [6, 6.07) is 3.61. The Balaban J connectivity index is 2.86. The normalized spacial score (nSPS) is 11.6. The molecule has 8 nitrogen and oxygen atoms in total. The SMILES string of the molecule is CCCCCCCCCCCCOc1cc(C(=O)OCCCCCCCCCCS(=O)(=O)[O-])cc(OCCCCCCCCCCCC)c1OCCCCCCCCCCCC. The third kappa shape index (κ3) is 36.4. The summed E-state index contributed by atoms with van der Waals surface area (Å²) in [7, 11) is -4.11. The van der Waals surface area contributed by atoms with Gasteiger partial charge in [0.2, 0.25) is 5.75 Å². The smallest absolute Gasteiger partial charge is 0.338 e. The number of carbonyl (C=O) groups is 1. The molecule has 0 unspecified atom stereocenters. The maximum atomic E-state index is 13.5. The summed E-state index contributed by atoms with van der Waals surface area (Å²) in [6.07, 6.45) is 44.7. The van der Waals surface area contributed by atoms with Crippen molar-refractivity contribution < 1.29 is 36.7 Å². The Morgan fingerprint density at radius 1 is 0.403 bits per heavy atom. The van der Waals surface area contributed by atoms with Crippen molar-refractivity contribution >= 4 is 16.1 Å². The van der Waals surface area contributed by atoms with Crippen LogP contribution in [0.1, 0.15) is 275 Å². The van der Waals surface area contributed by atoms with Crippen molar-refractivity contribution in [2.75, 3.05) is 32.2 Å². The molecule has 0 saturated heterocycles. The number of hydrogen-bond acceptors (Lipinski definition) is 8. The Kier molecular flexibility index (Phi) is 40.2.